The average Bonchev–Trinajstić information content (AvgIpc) is 2.86. The number of ether oxygens (including phenoxy) is 1. The van der Waals surface area contributed by atoms with Crippen LogP contribution in [0, 0.1) is 5.92 Å². The van der Waals surface area contributed by atoms with Gasteiger partial charge in [0.25, 0.3) is 0 Å². The summed E-state index contributed by atoms with van der Waals surface area (Å²) in [5.74, 6) is 3.26. The minimum atomic E-state index is 0.219. The smallest absolute Gasteiger partial charge is 0.0685 e. The lowest BCUT2D eigenvalue weighted by Crippen LogP contribution is -2.50. The van der Waals surface area contributed by atoms with Crippen molar-refractivity contribution in [3.8, 4) is 0 Å². The van der Waals surface area contributed by atoms with Crippen LogP contribution >= 0.6 is 23.5 Å². The van der Waals surface area contributed by atoms with Crippen LogP contribution in [0.25, 0.3) is 0 Å². The van der Waals surface area contributed by atoms with E-state index in [2.05, 4.69) is 30.4 Å². The quantitative estimate of drug-likeness (QED) is 0.849. The molecule has 4 heteroatoms. The summed E-state index contributed by atoms with van der Waals surface area (Å²) in [6, 6.07) is 0.370. The first-order chi connectivity index (χ1) is 9.20. The highest BCUT2D eigenvalue weighted by Crippen LogP contribution is 2.44. The van der Waals surface area contributed by atoms with E-state index in [0.29, 0.717) is 17.2 Å². The zero-order chi connectivity index (χ0) is 13.3. The van der Waals surface area contributed by atoms with E-state index in [-0.39, 0.29) is 5.60 Å². The zero-order valence-electron chi connectivity index (χ0n) is 12.0. The minimum absolute atomic E-state index is 0.219. The number of rotatable bonds is 2. The molecule has 4 unspecified atom stereocenters. The molecular weight excluding hydrogens is 274 g/mol. The standard InChI is InChI=1S/C15H27NOS2/c1-11-14(19-9-8-18-11)13(16)12-4-7-17-15(10-12)5-2-3-6-15/h11-14H,2-10,16H2,1H3. The van der Waals surface area contributed by atoms with Gasteiger partial charge in [-0.1, -0.05) is 19.8 Å². The van der Waals surface area contributed by atoms with Gasteiger partial charge in [-0.3, -0.25) is 0 Å². The molecule has 1 saturated carbocycles. The van der Waals surface area contributed by atoms with Crippen LogP contribution in [-0.4, -0.2) is 40.3 Å². The van der Waals surface area contributed by atoms with Crippen LogP contribution in [-0.2, 0) is 4.74 Å². The lowest BCUT2D eigenvalue weighted by Gasteiger charge is -2.44. The topological polar surface area (TPSA) is 35.2 Å². The number of hydrogen-bond donors (Lipinski definition) is 1. The van der Waals surface area contributed by atoms with E-state index in [4.69, 9.17) is 10.5 Å². The van der Waals surface area contributed by atoms with E-state index in [1.165, 1.54) is 50.0 Å². The van der Waals surface area contributed by atoms with E-state index >= 15 is 0 Å². The molecule has 0 aromatic rings. The molecular formula is C15H27NOS2. The summed E-state index contributed by atoms with van der Waals surface area (Å²) in [6.45, 7) is 3.31. The van der Waals surface area contributed by atoms with Crippen LogP contribution in [0.15, 0.2) is 0 Å². The summed E-state index contributed by atoms with van der Waals surface area (Å²) in [4.78, 5) is 0. The molecule has 0 amide bonds. The van der Waals surface area contributed by atoms with Gasteiger partial charge in [-0.15, -0.1) is 0 Å². The highest BCUT2D eigenvalue weighted by Gasteiger charge is 2.43. The van der Waals surface area contributed by atoms with Crippen molar-refractivity contribution in [2.24, 2.45) is 11.7 Å². The molecule has 110 valence electrons. The summed E-state index contributed by atoms with van der Waals surface area (Å²) in [6.07, 6.45) is 7.66. The number of nitrogens with two attached hydrogens (primary N) is 1. The fraction of sp³-hybridized carbons (Fsp3) is 1.00. The molecule has 2 nitrogen and oxygen atoms in total. The van der Waals surface area contributed by atoms with Gasteiger partial charge in [-0.05, 0) is 31.6 Å². The molecule has 1 aliphatic carbocycles. The maximum absolute atomic E-state index is 6.67. The van der Waals surface area contributed by atoms with Gasteiger partial charge in [-0.25, -0.2) is 0 Å². The molecule has 0 aromatic carbocycles. The molecule has 0 bridgehead atoms. The van der Waals surface area contributed by atoms with Crippen molar-refractivity contribution in [3.05, 3.63) is 0 Å². The minimum Gasteiger partial charge on any atom is -0.375 e. The van der Waals surface area contributed by atoms with E-state index in [9.17, 15) is 0 Å². The van der Waals surface area contributed by atoms with E-state index in [1.807, 2.05) is 0 Å². The first-order valence-electron chi connectivity index (χ1n) is 7.83. The molecule has 1 spiro atoms. The first-order valence-corrected chi connectivity index (χ1v) is 9.93. The van der Waals surface area contributed by atoms with Crippen molar-refractivity contribution in [2.45, 2.75) is 67.6 Å². The highest BCUT2D eigenvalue weighted by atomic mass is 32.2. The Bertz CT molecular complexity index is 307. The van der Waals surface area contributed by atoms with Gasteiger partial charge >= 0.3 is 0 Å². The number of thioether (sulfide) groups is 2. The maximum atomic E-state index is 6.67. The van der Waals surface area contributed by atoms with Crippen molar-refractivity contribution in [1.29, 1.82) is 0 Å². The predicted molar refractivity (Wildman–Crippen MR) is 86.0 cm³/mol. The van der Waals surface area contributed by atoms with Gasteiger partial charge in [0.05, 0.1) is 5.60 Å². The predicted octanol–water partition coefficient (Wildman–Crippen LogP) is 3.29. The van der Waals surface area contributed by atoms with Crippen LogP contribution in [0.3, 0.4) is 0 Å². The van der Waals surface area contributed by atoms with Crippen LogP contribution in [0.4, 0.5) is 0 Å². The molecule has 19 heavy (non-hydrogen) atoms. The van der Waals surface area contributed by atoms with Crippen molar-refractivity contribution >= 4 is 23.5 Å². The van der Waals surface area contributed by atoms with Gasteiger partial charge < -0.3 is 10.5 Å². The van der Waals surface area contributed by atoms with Gasteiger partial charge in [0.2, 0.25) is 0 Å². The van der Waals surface area contributed by atoms with Crippen LogP contribution < -0.4 is 5.73 Å². The monoisotopic (exact) mass is 301 g/mol. The largest absolute Gasteiger partial charge is 0.375 e. The third kappa shape index (κ3) is 3.12. The second kappa shape index (κ2) is 6.17. The van der Waals surface area contributed by atoms with Gasteiger partial charge in [0.15, 0.2) is 0 Å². The molecule has 0 aromatic heterocycles. The summed E-state index contributed by atoms with van der Waals surface area (Å²) >= 11 is 4.23. The van der Waals surface area contributed by atoms with Gasteiger partial charge in [0, 0.05) is 34.7 Å². The van der Waals surface area contributed by atoms with Crippen LogP contribution in [0.1, 0.15) is 45.4 Å². The molecule has 3 fully saturated rings. The molecule has 2 heterocycles. The summed E-state index contributed by atoms with van der Waals surface area (Å²) in [5, 5.41) is 1.37. The molecule has 4 atom stereocenters. The zero-order valence-corrected chi connectivity index (χ0v) is 13.6. The first kappa shape index (κ1) is 14.6. The molecule has 0 radical (unpaired) electrons. The Hall–Kier alpha value is 0.620. The Labute approximate surface area is 126 Å². The van der Waals surface area contributed by atoms with E-state index in [1.54, 1.807) is 0 Å². The van der Waals surface area contributed by atoms with E-state index in [0.717, 1.165) is 11.9 Å². The lowest BCUT2D eigenvalue weighted by molar-refractivity contribution is -0.0961. The second-order valence-electron chi connectivity index (χ2n) is 6.48. The fourth-order valence-corrected chi connectivity index (χ4v) is 7.07. The third-order valence-electron chi connectivity index (χ3n) is 5.21. The summed E-state index contributed by atoms with van der Waals surface area (Å²) in [5.41, 5.74) is 6.89. The average molecular weight is 302 g/mol. The summed E-state index contributed by atoms with van der Waals surface area (Å²) < 4.78 is 6.15. The lowest BCUT2D eigenvalue weighted by atomic mass is 9.79. The fourth-order valence-electron chi connectivity index (χ4n) is 4.10. The highest BCUT2D eigenvalue weighted by molar-refractivity contribution is 8.07. The Morgan fingerprint density at radius 1 is 1.21 bits per heavy atom. The van der Waals surface area contributed by atoms with Crippen LogP contribution in [0.5, 0.6) is 0 Å². The maximum Gasteiger partial charge on any atom is 0.0685 e. The summed E-state index contributed by atoms with van der Waals surface area (Å²) in [7, 11) is 0. The number of hydrogen-bond acceptors (Lipinski definition) is 4. The Balaban J connectivity index is 1.64. The molecule has 2 N–H and O–H groups in total. The van der Waals surface area contributed by atoms with Crippen molar-refractivity contribution in [2.75, 3.05) is 18.1 Å². The van der Waals surface area contributed by atoms with Crippen molar-refractivity contribution < 1.29 is 4.74 Å². The second-order valence-corrected chi connectivity index (χ2v) is 9.25. The third-order valence-corrected chi connectivity index (χ3v) is 8.44. The van der Waals surface area contributed by atoms with Crippen molar-refractivity contribution in [3.63, 3.8) is 0 Å². The Morgan fingerprint density at radius 2 is 1.95 bits per heavy atom. The normalized spacial score (nSPS) is 40.4. The SMILES string of the molecule is CC1SCCSC1C(N)C1CCOC2(CCCC2)C1. The van der Waals surface area contributed by atoms with Gasteiger partial charge in [-0.2, -0.15) is 23.5 Å². The van der Waals surface area contributed by atoms with Crippen LogP contribution in [0.2, 0.25) is 0 Å². The van der Waals surface area contributed by atoms with Gasteiger partial charge in [0.1, 0.15) is 0 Å². The van der Waals surface area contributed by atoms with Crippen molar-refractivity contribution in [1.82, 2.24) is 0 Å². The molecule has 3 aliphatic rings. The van der Waals surface area contributed by atoms with E-state index < -0.39 is 0 Å². The Kier molecular flexibility index (Phi) is 4.72. The molecule has 3 rings (SSSR count). The molecule has 2 aliphatic heterocycles. The molecule has 2 saturated heterocycles. The Morgan fingerprint density at radius 3 is 2.68 bits per heavy atom.